The molecule has 2 bridgehead atoms. The van der Waals surface area contributed by atoms with Gasteiger partial charge in [-0.15, -0.1) is 0 Å². The van der Waals surface area contributed by atoms with E-state index in [-0.39, 0.29) is 17.2 Å². The first-order valence-electron chi connectivity index (χ1n) is 11.9. The predicted octanol–water partition coefficient (Wildman–Crippen LogP) is 2.44. The molecule has 3 heterocycles. The Morgan fingerprint density at radius 2 is 2.00 bits per heavy atom. The number of aliphatic hydroxyl groups is 1. The molecule has 0 radical (unpaired) electrons. The number of nitrogens with one attached hydrogen (secondary N) is 2. The molecule has 2 saturated heterocycles. The van der Waals surface area contributed by atoms with Crippen LogP contribution in [0.5, 0.6) is 0 Å². The summed E-state index contributed by atoms with van der Waals surface area (Å²) in [7, 11) is 1.79. The molecule has 1 aromatic carbocycles. The highest BCUT2D eigenvalue weighted by Crippen LogP contribution is 2.66. The minimum atomic E-state index is -0.413. The van der Waals surface area contributed by atoms with Gasteiger partial charge in [0.05, 0.1) is 59.1 Å². The van der Waals surface area contributed by atoms with Crippen molar-refractivity contribution < 1.29 is 14.6 Å². The second-order valence-electron chi connectivity index (χ2n) is 10.2. The van der Waals surface area contributed by atoms with Crippen LogP contribution in [-0.4, -0.2) is 90.3 Å². The number of ether oxygens (including phenoxy) is 2. The van der Waals surface area contributed by atoms with Gasteiger partial charge in [-0.1, -0.05) is 11.6 Å². The molecule has 2 unspecified atom stereocenters. The fraction of sp³-hybridized carbons (Fsp3) is 0.583. The zero-order chi connectivity index (χ0) is 23.5. The molecule has 5 aliphatic rings. The second kappa shape index (κ2) is 8.20. The van der Waals surface area contributed by atoms with Gasteiger partial charge < -0.3 is 30.2 Å². The lowest BCUT2D eigenvalue weighted by Gasteiger charge is -2.68. The van der Waals surface area contributed by atoms with Crippen molar-refractivity contribution in [2.75, 3.05) is 56.7 Å². The lowest BCUT2D eigenvalue weighted by atomic mass is 9.46. The van der Waals surface area contributed by atoms with Crippen molar-refractivity contribution in [3.63, 3.8) is 0 Å². The van der Waals surface area contributed by atoms with Gasteiger partial charge >= 0.3 is 0 Å². The van der Waals surface area contributed by atoms with Crippen molar-refractivity contribution in [1.29, 1.82) is 5.41 Å². The molecule has 3 aliphatic carbocycles. The third-order valence-electron chi connectivity index (χ3n) is 8.15. The summed E-state index contributed by atoms with van der Waals surface area (Å²) in [6.07, 6.45) is 7.86. The van der Waals surface area contributed by atoms with Crippen molar-refractivity contribution >= 4 is 34.9 Å². The van der Waals surface area contributed by atoms with Crippen LogP contribution in [0.3, 0.4) is 0 Å². The number of hydrogen-bond donors (Lipinski definition) is 3. The molecule has 2 atom stereocenters. The van der Waals surface area contributed by atoms with Gasteiger partial charge in [-0.3, -0.25) is 9.58 Å². The largest absolute Gasteiger partial charge is 0.389 e. The van der Waals surface area contributed by atoms with Gasteiger partial charge in [0, 0.05) is 76.2 Å². The van der Waals surface area contributed by atoms with Crippen LogP contribution in [0.25, 0.3) is 0 Å². The number of anilines is 3. The van der Waals surface area contributed by atoms with Crippen LogP contribution in [0.1, 0.15) is 24.8 Å². The van der Waals surface area contributed by atoms with Crippen LogP contribution >= 0.6 is 11.6 Å². The van der Waals surface area contributed by atoms with Gasteiger partial charge in [-0.2, -0.15) is 5.10 Å². The Morgan fingerprint density at radius 3 is 2.65 bits per heavy atom. The Bertz CT molecular complexity index is 1080. The number of aromatic nitrogens is 2. The zero-order valence-electron chi connectivity index (χ0n) is 19.3. The minimum absolute atomic E-state index is 0.0743. The molecule has 10 heteroatoms. The van der Waals surface area contributed by atoms with Crippen LogP contribution in [0.15, 0.2) is 24.5 Å². The number of aliphatic hydroxyl groups excluding tert-OH is 1. The Hall–Kier alpha value is -2.17. The lowest BCUT2D eigenvalue weighted by molar-refractivity contribution is -0.265. The van der Waals surface area contributed by atoms with E-state index in [1.165, 1.54) is 6.21 Å². The highest BCUT2D eigenvalue weighted by atomic mass is 35.5. The van der Waals surface area contributed by atoms with Gasteiger partial charge in [0.1, 0.15) is 0 Å². The average Bonchev–Trinajstić information content (AvgIpc) is 3.42. The standard InChI is InChI=1S/C24H31ClN6O3/c1-33-24-13-23(14-24,15-24)31-10-17(9-27-31)28-19-7-20(18(25)6-16(19)8-26)29-2-4-30(5-3-29)21-11-34-12-22(21)32/h6-10,21-22,26,28,32H,2-5,11-15H2,1H3. The Labute approximate surface area is 204 Å². The van der Waals surface area contributed by atoms with E-state index in [4.69, 9.17) is 26.5 Å². The van der Waals surface area contributed by atoms with E-state index >= 15 is 0 Å². The second-order valence-corrected chi connectivity index (χ2v) is 10.6. The summed E-state index contributed by atoms with van der Waals surface area (Å²) >= 11 is 6.65. The van der Waals surface area contributed by atoms with Gasteiger partial charge in [-0.05, 0) is 12.1 Å². The van der Waals surface area contributed by atoms with E-state index in [9.17, 15) is 5.11 Å². The van der Waals surface area contributed by atoms with Crippen molar-refractivity contribution in [2.45, 2.75) is 42.5 Å². The normalized spacial score (nSPS) is 32.9. The summed E-state index contributed by atoms with van der Waals surface area (Å²) in [5.41, 5.74) is 3.59. The third-order valence-corrected chi connectivity index (χ3v) is 8.46. The average molecular weight is 487 g/mol. The van der Waals surface area contributed by atoms with Crippen molar-refractivity contribution in [3.05, 3.63) is 35.1 Å². The van der Waals surface area contributed by atoms with E-state index in [2.05, 4.69) is 31.1 Å². The Kier molecular flexibility index (Phi) is 5.38. The number of methoxy groups -OCH3 is 1. The molecule has 7 rings (SSSR count). The smallest absolute Gasteiger partial charge is 0.0950 e. The fourth-order valence-electron chi connectivity index (χ4n) is 6.13. The molecule has 1 aromatic heterocycles. The number of nitrogens with zero attached hydrogens (tertiary/aromatic N) is 4. The SMILES string of the molecule is COC12CC(n3cc(Nc4cc(N5CCN(C6COCC6O)CC5)c(Cl)cc4C=N)cn3)(C1)C2. The van der Waals surface area contributed by atoms with Crippen molar-refractivity contribution in [2.24, 2.45) is 0 Å². The molecule has 2 aromatic rings. The maximum Gasteiger partial charge on any atom is 0.0950 e. The molecule has 3 N–H and O–H groups in total. The number of piperazine rings is 1. The highest BCUT2D eigenvalue weighted by Gasteiger charge is 2.70. The quantitative estimate of drug-likeness (QED) is 0.517. The number of benzene rings is 1. The summed E-state index contributed by atoms with van der Waals surface area (Å²) in [5.74, 6) is 0. The summed E-state index contributed by atoms with van der Waals surface area (Å²) in [4.78, 5) is 4.58. The molecule has 0 spiro atoms. The van der Waals surface area contributed by atoms with E-state index < -0.39 is 6.10 Å². The maximum absolute atomic E-state index is 10.2. The summed E-state index contributed by atoms with van der Waals surface area (Å²) in [6, 6.07) is 3.96. The van der Waals surface area contributed by atoms with Crippen LogP contribution in [0.4, 0.5) is 17.1 Å². The van der Waals surface area contributed by atoms with Crippen LogP contribution in [0, 0.1) is 5.41 Å². The topological polar surface area (TPSA) is 98.9 Å². The predicted molar refractivity (Wildman–Crippen MR) is 131 cm³/mol. The molecule has 3 saturated carbocycles. The van der Waals surface area contributed by atoms with Gasteiger partial charge in [0.25, 0.3) is 0 Å². The molecule has 182 valence electrons. The molecule has 34 heavy (non-hydrogen) atoms. The summed E-state index contributed by atoms with van der Waals surface area (Å²) < 4.78 is 13.1. The van der Waals surface area contributed by atoms with Crippen molar-refractivity contribution in [3.8, 4) is 0 Å². The summed E-state index contributed by atoms with van der Waals surface area (Å²) in [5, 5.41) is 26.7. The van der Waals surface area contributed by atoms with Gasteiger partial charge in [0.2, 0.25) is 0 Å². The maximum atomic E-state index is 10.2. The minimum Gasteiger partial charge on any atom is -0.389 e. The molecule has 2 aliphatic heterocycles. The number of rotatable bonds is 7. The van der Waals surface area contributed by atoms with Crippen LogP contribution < -0.4 is 10.2 Å². The zero-order valence-corrected chi connectivity index (χ0v) is 20.1. The lowest BCUT2D eigenvalue weighted by Crippen LogP contribution is -2.73. The number of halogens is 1. The molecule has 9 nitrogen and oxygen atoms in total. The Balaban J connectivity index is 1.17. The first kappa shape index (κ1) is 22.3. The fourth-order valence-corrected chi connectivity index (χ4v) is 6.42. The van der Waals surface area contributed by atoms with Crippen LogP contribution in [0.2, 0.25) is 5.02 Å². The highest BCUT2D eigenvalue weighted by molar-refractivity contribution is 6.33. The van der Waals surface area contributed by atoms with E-state index in [0.717, 1.165) is 68.1 Å². The van der Waals surface area contributed by atoms with Gasteiger partial charge in [0.15, 0.2) is 0 Å². The monoisotopic (exact) mass is 486 g/mol. The first-order valence-corrected chi connectivity index (χ1v) is 12.3. The first-order chi connectivity index (χ1) is 16.4. The van der Waals surface area contributed by atoms with E-state index in [1.807, 2.05) is 18.3 Å². The van der Waals surface area contributed by atoms with E-state index in [1.54, 1.807) is 7.11 Å². The van der Waals surface area contributed by atoms with Gasteiger partial charge in [-0.25, -0.2) is 0 Å². The van der Waals surface area contributed by atoms with E-state index in [0.29, 0.717) is 18.2 Å². The molecular weight excluding hydrogens is 456 g/mol. The van der Waals surface area contributed by atoms with Crippen molar-refractivity contribution in [1.82, 2.24) is 14.7 Å². The Morgan fingerprint density at radius 1 is 1.24 bits per heavy atom. The molecular formula is C24H31ClN6O3. The van der Waals surface area contributed by atoms with Crippen LogP contribution in [-0.2, 0) is 15.0 Å². The number of hydrogen-bond acceptors (Lipinski definition) is 8. The molecule has 0 amide bonds. The third kappa shape index (κ3) is 3.53. The molecule has 5 fully saturated rings. The summed E-state index contributed by atoms with van der Waals surface area (Å²) in [6.45, 7) is 4.32.